The molecule has 1 aliphatic rings. The lowest BCUT2D eigenvalue weighted by Crippen LogP contribution is -2.08. The van der Waals surface area contributed by atoms with Gasteiger partial charge >= 0.3 is 5.69 Å². The molecule has 5 heteroatoms. The van der Waals surface area contributed by atoms with E-state index in [0.29, 0.717) is 5.65 Å². The summed E-state index contributed by atoms with van der Waals surface area (Å²) in [5.41, 5.74) is 4.89. The number of nitrogens with one attached hydrogen (secondary N) is 2. The van der Waals surface area contributed by atoms with Gasteiger partial charge in [0.25, 0.3) is 0 Å². The Bertz CT molecular complexity index is 846. The average molecular weight is 266 g/mol. The van der Waals surface area contributed by atoms with Gasteiger partial charge in [-0.15, -0.1) is 0 Å². The Morgan fingerprint density at radius 3 is 2.95 bits per heavy atom. The predicted octanol–water partition coefficient (Wildman–Crippen LogP) is 2.19. The van der Waals surface area contributed by atoms with E-state index in [1.165, 1.54) is 30.2 Å². The van der Waals surface area contributed by atoms with Gasteiger partial charge in [-0.05, 0) is 36.8 Å². The largest absolute Gasteiger partial charge is 0.346 e. The van der Waals surface area contributed by atoms with Crippen molar-refractivity contribution in [3.8, 4) is 11.4 Å². The first-order valence-electron chi connectivity index (χ1n) is 6.87. The monoisotopic (exact) mass is 266 g/mol. The molecule has 0 aliphatic heterocycles. The van der Waals surface area contributed by atoms with E-state index in [-0.39, 0.29) is 5.69 Å². The van der Waals surface area contributed by atoms with Gasteiger partial charge in [0.1, 0.15) is 11.3 Å². The molecule has 0 saturated heterocycles. The molecule has 1 aromatic carbocycles. The summed E-state index contributed by atoms with van der Waals surface area (Å²) in [7, 11) is 0. The molecule has 2 heterocycles. The number of imidazole rings is 1. The van der Waals surface area contributed by atoms with Crippen LogP contribution in [0.4, 0.5) is 0 Å². The smallest absolute Gasteiger partial charge is 0.335 e. The van der Waals surface area contributed by atoms with Crippen molar-refractivity contribution in [3.63, 3.8) is 0 Å². The molecule has 100 valence electrons. The topological polar surface area (TPSA) is 74.4 Å². The summed E-state index contributed by atoms with van der Waals surface area (Å²) in [4.78, 5) is 25.4. The van der Waals surface area contributed by atoms with Crippen molar-refractivity contribution < 1.29 is 0 Å². The van der Waals surface area contributed by atoms with Crippen LogP contribution in [-0.4, -0.2) is 19.9 Å². The lowest BCUT2D eigenvalue weighted by Gasteiger charge is -2.18. The quantitative estimate of drug-likeness (QED) is 0.709. The van der Waals surface area contributed by atoms with Crippen LogP contribution in [0, 0.1) is 0 Å². The fourth-order valence-corrected chi connectivity index (χ4v) is 2.96. The third kappa shape index (κ3) is 1.74. The van der Waals surface area contributed by atoms with Crippen molar-refractivity contribution >= 4 is 11.2 Å². The Balaban J connectivity index is 1.92. The number of aromatic nitrogens is 4. The van der Waals surface area contributed by atoms with Crippen molar-refractivity contribution in [2.75, 3.05) is 0 Å². The van der Waals surface area contributed by atoms with E-state index in [1.807, 2.05) is 0 Å². The van der Waals surface area contributed by atoms with Crippen LogP contribution in [0.1, 0.15) is 24.0 Å². The molecule has 2 N–H and O–H groups in total. The van der Waals surface area contributed by atoms with Gasteiger partial charge in [-0.1, -0.05) is 18.2 Å². The highest BCUT2D eigenvalue weighted by Crippen LogP contribution is 2.30. The summed E-state index contributed by atoms with van der Waals surface area (Å²) in [5, 5.41) is 0. The molecule has 0 spiro atoms. The number of H-pyrrole nitrogens is 2. The number of hydrogen-bond donors (Lipinski definition) is 2. The average Bonchev–Trinajstić information content (AvgIpc) is 2.89. The number of hydrogen-bond acceptors (Lipinski definition) is 3. The molecule has 0 atom stereocenters. The Kier molecular flexibility index (Phi) is 2.45. The molecule has 0 unspecified atom stereocenters. The van der Waals surface area contributed by atoms with Gasteiger partial charge in [0, 0.05) is 5.56 Å². The molecule has 0 saturated carbocycles. The van der Waals surface area contributed by atoms with E-state index in [0.717, 1.165) is 29.7 Å². The molecule has 3 aromatic rings. The van der Waals surface area contributed by atoms with E-state index in [2.05, 4.69) is 38.1 Å². The van der Waals surface area contributed by atoms with Crippen molar-refractivity contribution in [1.82, 2.24) is 19.9 Å². The normalized spacial score (nSPS) is 14.4. The summed E-state index contributed by atoms with van der Waals surface area (Å²) >= 11 is 0. The van der Waals surface area contributed by atoms with Crippen LogP contribution in [0.25, 0.3) is 22.6 Å². The van der Waals surface area contributed by atoms with Crippen LogP contribution in [0.15, 0.2) is 29.2 Å². The fourth-order valence-electron chi connectivity index (χ4n) is 2.96. The Labute approximate surface area is 115 Å². The molecule has 20 heavy (non-hydrogen) atoms. The molecule has 0 amide bonds. The minimum absolute atomic E-state index is 0.370. The first kappa shape index (κ1) is 11.4. The minimum atomic E-state index is -0.370. The van der Waals surface area contributed by atoms with Crippen LogP contribution in [0.5, 0.6) is 0 Å². The Morgan fingerprint density at radius 1 is 1.10 bits per heavy atom. The van der Waals surface area contributed by atoms with Crippen LogP contribution in [0.2, 0.25) is 0 Å². The predicted molar refractivity (Wildman–Crippen MR) is 76.6 cm³/mol. The first-order valence-corrected chi connectivity index (χ1v) is 6.87. The second-order valence-electron chi connectivity index (χ2n) is 5.19. The summed E-state index contributed by atoms with van der Waals surface area (Å²) < 4.78 is 0. The molecule has 5 nitrogen and oxygen atoms in total. The number of aromatic amines is 2. The Morgan fingerprint density at radius 2 is 2.00 bits per heavy atom. The molecule has 0 bridgehead atoms. The molecule has 0 fully saturated rings. The molecule has 0 radical (unpaired) electrons. The number of fused-ring (bicyclic) bond motifs is 2. The SMILES string of the molecule is O=c1ncc2[nH]c(-c3cccc4c3CCCC4)nc2[nH]1. The highest BCUT2D eigenvalue weighted by molar-refractivity contribution is 5.76. The minimum Gasteiger partial charge on any atom is -0.335 e. The third-order valence-corrected chi connectivity index (χ3v) is 3.92. The zero-order valence-corrected chi connectivity index (χ0v) is 10.9. The van der Waals surface area contributed by atoms with Crippen LogP contribution in [-0.2, 0) is 12.8 Å². The van der Waals surface area contributed by atoms with Gasteiger partial charge in [-0.25, -0.2) is 9.78 Å². The number of benzene rings is 1. The molecule has 4 rings (SSSR count). The van der Waals surface area contributed by atoms with Gasteiger partial charge in [0.2, 0.25) is 0 Å². The molecule has 1 aliphatic carbocycles. The number of rotatable bonds is 1. The summed E-state index contributed by atoms with van der Waals surface area (Å²) in [5.74, 6) is 0.808. The van der Waals surface area contributed by atoms with Crippen molar-refractivity contribution in [2.45, 2.75) is 25.7 Å². The highest BCUT2D eigenvalue weighted by Gasteiger charge is 2.16. The maximum atomic E-state index is 11.2. The molecule has 2 aromatic heterocycles. The zero-order chi connectivity index (χ0) is 13.5. The van der Waals surface area contributed by atoms with E-state index in [4.69, 9.17) is 0 Å². The van der Waals surface area contributed by atoms with Crippen molar-refractivity contribution in [2.24, 2.45) is 0 Å². The van der Waals surface area contributed by atoms with Gasteiger partial charge < -0.3 is 4.98 Å². The van der Waals surface area contributed by atoms with E-state index >= 15 is 0 Å². The van der Waals surface area contributed by atoms with Crippen LogP contribution < -0.4 is 5.69 Å². The molecular weight excluding hydrogens is 252 g/mol. The summed E-state index contributed by atoms with van der Waals surface area (Å²) in [6.07, 6.45) is 6.25. The van der Waals surface area contributed by atoms with Gasteiger partial charge in [0.15, 0.2) is 5.65 Å². The third-order valence-electron chi connectivity index (χ3n) is 3.92. The van der Waals surface area contributed by atoms with E-state index in [9.17, 15) is 4.79 Å². The van der Waals surface area contributed by atoms with E-state index < -0.39 is 0 Å². The number of nitrogens with zero attached hydrogens (tertiary/aromatic N) is 2. The second-order valence-corrected chi connectivity index (χ2v) is 5.19. The van der Waals surface area contributed by atoms with Gasteiger partial charge in [-0.3, -0.25) is 4.98 Å². The first-order chi connectivity index (χ1) is 9.81. The maximum Gasteiger partial charge on any atom is 0.346 e. The van der Waals surface area contributed by atoms with Gasteiger partial charge in [0.05, 0.1) is 6.20 Å². The standard InChI is InChI=1S/C15H14N4O/c20-15-16-8-12-14(19-15)18-13(17-12)11-7-3-5-9-4-1-2-6-10(9)11/h3,5,7-8H,1-2,4,6H2,(H2,16,17,18,19,20). The van der Waals surface area contributed by atoms with Crippen molar-refractivity contribution in [1.29, 1.82) is 0 Å². The summed E-state index contributed by atoms with van der Waals surface area (Å²) in [6.45, 7) is 0. The number of aryl methyl sites for hydroxylation is 1. The maximum absolute atomic E-state index is 11.2. The zero-order valence-electron chi connectivity index (χ0n) is 10.9. The lowest BCUT2D eigenvalue weighted by molar-refractivity contribution is 0.686. The second kappa shape index (κ2) is 4.30. The molecular formula is C15H14N4O. The van der Waals surface area contributed by atoms with E-state index in [1.54, 1.807) is 0 Å². The Hall–Kier alpha value is -2.43. The highest BCUT2D eigenvalue weighted by atomic mass is 16.1. The lowest BCUT2D eigenvalue weighted by atomic mass is 9.88. The fraction of sp³-hybridized carbons (Fsp3) is 0.267. The van der Waals surface area contributed by atoms with Crippen LogP contribution in [0.3, 0.4) is 0 Å². The van der Waals surface area contributed by atoms with Crippen LogP contribution >= 0.6 is 0 Å². The van der Waals surface area contributed by atoms with Gasteiger partial charge in [-0.2, -0.15) is 4.98 Å². The van der Waals surface area contributed by atoms with Crippen molar-refractivity contribution in [3.05, 3.63) is 46.0 Å². The summed E-state index contributed by atoms with van der Waals surface area (Å²) in [6, 6.07) is 6.37.